The topological polar surface area (TPSA) is 102 Å². The van der Waals surface area contributed by atoms with Crippen LogP contribution in [0.3, 0.4) is 0 Å². The lowest BCUT2D eigenvalue weighted by Gasteiger charge is -2.25. The third-order valence-corrected chi connectivity index (χ3v) is 4.45. The number of amides is 1. The minimum absolute atomic E-state index is 0.0279. The molecule has 1 aromatic carbocycles. The van der Waals surface area contributed by atoms with Gasteiger partial charge in [0.2, 0.25) is 0 Å². The summed E-state index contributed by atoms with van der Waals surface area (Å²) in [5.41, 5.74) is 0.504. The van der Waals surface area contributed by atoms with Gasteiger partial charge in [-0.05, 0) is 38.3 Å². The van der Waals surface area contributed by atoms with Gasteiger partial charge in [-0.2, -0.15) is 0 Å². The average Bonchev–Trinajstić information content (AvgIpc) is 3.24. The number of aliphatic hydroxyl groups is 1. The SMILES string of the molecule is CC(O)CC1CCCN1C(=O)c1ccc(-n2ccnc2)c([N+](=O)[O-])c1. The zero-order valence-electron chi connectivity index (χ0n) is 13.9. The van der Waals surface area contributed by atoms with Gasteiger partial charge in [0.15, 0.2) is 0 Å². The zero-order chi connectivity index (χ0) is 18.0. The van der Waals surface area contributed by atoms with Crippen LogP contribution in [-0.2, 0) is 0 Å². The van der Waals surface area contributed by atoms with E-state index in [0.29, 0.717) is 18.7 Å². The van der Waals surface area contributed by atoms with Crippen LogP contribution in [0.5, 0.6) is 0 Å². The number of nitrogens with zero attached hydrogens (tertiary/aromatic N) is 4. The molecule has 2 heterocycles. The molecule has 8 nitrogen and oxygen atoms in total. The molecule has 0 saturated carbocycles. The predicted molar refractivity (Wildman–Crippen MR) is 90.6 cm³/mol. The van der Waals surface area contributed by atoms with Gasteiger partial charge in [0.05, 0.1) is 17.4 Å². The van der Waals surface area contributed by atoms with Crippen LogP contribution >= 0.6 is 0 Å². The van der Waals surface area contributed by atoms with Gasteiger partial charge in [0, 0.05) is 36.6 Å². The lowest BCUT2D eigenvalue weighted by molar-refractivity contribution is -0.384. The van der Waals surface area contributed by atoms with E-state index >= 15 is 0 Å². The van der Waals surface area contributed by atoms with Crippen molar-refractivity contribution in [2.45, 2.75) is 38.3 Å². The molecule has 1 fully saturated rings. The molecule has 0 spiro atoms. The Labute approximate surface area is 144 Å². The van der Waals surface area contributed by atoms with E-state index < -0.39 is 11.0 Å². The lowest BCUT2D eigenvalue weighted by atomic mass is 10.1. The van der Waals surface area contributed by atoms with Gasteiger partial charge in [0.25, 0.3) is 11.6 Å². The predicted octanol–water partition coefficient (Wildman–Crippen LogP) is 2.16. The van der Waals surface area contributed by atoms with Crippen molar-refractivity contribution in [1.29, 1.82) is 0 Å². The summed E-state index contributed by atoms with van der Waals surface area (Å²) in [6.07, 6.45) is 6.36. The number of aliphatic hydroxyl groups excluding tert-OH is 1. The number of aromatic nitrogens is 2. The minimum Gasteiger partial charge on any atom is -0.393 e. The summed E-state index contributed by atoms with van der Waals surface area (Å²) in [5.74, 6) is -0.233. The van der Waals surface area contributed by atoms with Crippen LogP contribution in [0.4, 0.5) is 5.69 Å². The molecule has 2 aromatic rings. The fraction of sp³-hybridized carbons (Fsp3) is 0.412. The molecular formula is C17H20N4O4. The summed E-state index contributed by atoms with van der Waals surface area (Å²) in [6, 6.07) is 4.45. The lowest BCUT2D eigenvalue weighted by Crippen LogP contribution is -2.37. The number of hydrogen-bond donors (Lipinski definition) is 1. The molecule has 132 valence electrons. The molecule has 0 bridgehead atoms. The zero-order valence-corrected chi connectivity index (χ0v) is 13.9. The van der Waals surface area contributed by atoms with Crippen LogP contribution in [0, 0.1) is 10.1 Å². The Morgan fingerprint density at radius 2 is 2.32 bits per heavy atom. The van der Waals surface area contributed by atoms with E-state index in [9.17, 15) is 20.0 Å². The smallest absolute Gasteiger partial charge is 0.294 e. The first kappa shape index (κ1) is 17.1. The van der Waals surface area contributed by atoms with E-state index in [1.54, 1.807) is 34.7 Å². The first-order valence-corrected chi connectivity index (χ1v) is 8.23. The second-order valence-electron chi connectivity index (χ2n) is 6.31. The summed E-state index contributed by atoms with van der Waals surface area (Å²) in [6.45, 7) is 2.30. The molecule has 1 saturated heterocycles. The standard InChI is InChI=1S/C17H20N4O4/c1-12(22)9-14-3-2-7-20(14)17(23)13-4-5-15(16(10-13)21(24)25)19-8-6-18-11-19/h4-6,8,10-12,14,22H,2-3,7,9H2,1H3. The highest BCUT2D eigenvalue weighted by Gasteiger charge is 2.31. The van der Waals surface area contributed by atoms with Crippen molar-refractivity contribution in [1.82, 2.24) is 14.5 Å². The number of nitro benzene ring substituents is 1. The monoisotopic (exact) mass is 344 g/mol. The van der Waals surface area contributed by atoms with Gasteiger partial charge >= 0.3 is 0 Å². The molecule has 2 atom stereocenters. The van der Waals surface area contributed by atoms with E-state index in [-0.39, 0.29) is 23.2 Å². The van der Waals surface area contributed by atoms with Crippen molar-refractivity contribution in [2.75, 3.05) is 6.54 Å². The highest BCUT2D eigenvalue weighted by molar-refractivity contribution is 5.95. The van der Waals surface area contributed by atoms with Crippen LogP contribution < -0.4 is 0 Å². The second kappa shape index (κ2) is 7.02. The normalized spacial score (nSPS) is 18.3. The molecule has 1 aromatic heterocycles. The summed E-state index contributed by atoms with van der Waals surface area (Å²) in [4.78, 5) is 29.4. The number of hydrogen-bond acceptors (Lipinski definition) is 5. The third-order valence-electron chi connectivity index (χ3n) is 4.45. The second-order valence-corrected chi connectivity index (χ2v) is 6.31. The molecule has 1 N–H and O–H groups in total. The van der Waals surface area contributed by atoms with Gasteiger partial charge in [-0.25, -0.2) is 4.98 Å². The van der Waals surface area contributed by atoms with Crippen molar-refractivity contribution in [3.63, 3.8) is 0 Å². The van der Waals surface area contributed by atoms with E-state index in [1.807, 2.05) is 0 Å². The Morgan fingerprint density at radius 1 is 1.52 bits per heavy atom. The first-order valence-electron chi connectivity index (χ1n) is 8.23. The number of nitro groups is 1. The fourth-order valence-corrected chi connectivity index (χ4v) is 3.33. The number of likely N-dealkylation sites (tertiary alicyclic amines) is 1. The molecule has 2 unspecified atom stereocenters. The minimum atomic E-state index is -0.497. The van der Waals surface area contributed by atoms with Crippen LogP contribution in [-0.4, -0.2) is 49.1 Å². The van der Waals surface area contributed by atoms with Crippen LogP contribution in [0.25, 0.3) is 5.69 Å². The molecule has 0 aliphatic carbocycles. The Hall–Kier alpha value is -2.74. The van der Waals surface area contributed by atoms with Gasteiger partial charge in [-0.1, -0.05) is 0 Å². The van der Waals surface area contributed by atoms with Crippen molar-refractivity contribution in [3.8, 4) is 5.69 Å². The number of imidazole rings is 1. The largest absolute Gasteiger partial charge is 0.393 e. The van der Waals surface area contributed by atoms with Crippen molar-refractivity contribution >= 4 is 11.6 Å². The first-order chi connectivity index (χ1) is 12.0. The van der Waals surface area contributed by atoms with Gasteiger partial charge < -0.3 is 14.6 Å². The van der Waals surface area contributed by atoms with Crippen LogP contribution in [0.2, 0.25) is 0 Å². The molecule has 3 rings (SSSR count). The number of carbonyl (C=O) groups is 1. The quantitative estimate of drug-likeness (QED) is 0.661. The Kier molecular flexibility index (Phi) is 4.80. The number of carbonyl (C=O) groups excluding carboxylic acids is 1. The summed E-state index contributed by atoms with van der Waals surface area (Å²) < 4.78 is 1.54. The number of rotatable bonds is 5. The maximum Gasteiger partial charge on any atom is 0.294 e. The molecule has 8 heteroatoms. The van der Waals surface area contributed by atoms with Crippen molar-refractivity contribution < 1.29 is 14.8 Å². The van der Waals surface area contributed by atoms with Gasteiger partial charge in [0.1, 0.15) is 5.69 Å². The summed E-state index contributed by atoms with van der Waals surface area (Å²) in [5, 5.41) is 21.0. The van der Waals surface area contributed by atoms with Crippen LogP contribution in [0.15, 0.2) is 36.9 Å². The Morgan fingerprint density at radius 3 is 2.96 bits per heavy atom. The van der Waals surface area contributed by atoms with E-state index in [4.69, 9.17) is 0 Å². The maximum atomic E-state index is 12.8. The average molecular weight is 344 g/mol. The van der Waals surface area contributed by atoms with Crippen molar-refractivity contribution in [3.05, 3.63) is 52.6 Å². The highest BCUT2D eigenvalue weighted by Crippen LogP contribution is 2.28. The van der Waals surface area contributed by atoms with E-state index in [2.05, 4.69) is 4.98 Å². The van der Waals surface area contributed by atoms with Crippen LogP contribution in [0.1, 0.15) is 36.5 Å². The molecular weight excluding hydrogens is 324 g/mol. The van der Waals surface area contributed by atoms with Gasteiger partial charge in [-0.15, -0.1) is 0 Å². The molecule has 1 aliphatic heterocycles. The van der Waals surface area contributed by atoms with E-state index in [1.165, 1.54) is 18.6 Å². The molecule has 1 aliphatic rings. The molecule has 0 radical (unpaired) electrons. The Bertz CT molecular complexity index is 773. The summed E-state index contributed by atoms with van der Waals surface area (Å²) in [7, 11) is 0. The summed E-state index contributed by atoms with van der Waals surface area (Å²) >= 11 is 0. The van der Waals surface area contributed by atoms with E-state index in [0.717, 1.165) is 12.8 Å². The fourth-order valence-electron chi connectivity index (χ4n) is 3.33. The third kappa shape index (κ3) is 3.53. The molecule has 1 amide bonds. The number of benzene rings is 1. The highest BCUT2D eigenvalue weighted by atomic mass is 16.6. The van der Waals surface area contributed by atoms with Crippen molar-refractivity contribution in [2.24, 2.45) is 0 Å². The molecule has 25 heavy (non-hydrogen) atoms. The maximum absolute atomic E-state index is 12.8. The Balaban J connectivity index is 1.91. The van der Waals surface area contributed by atoms with Gasteiger partial charge in [-0.3, -0.25) is 14.9 Å².